The molecule has 0 spiro atoms. The number of ether oxygens (including phenoxy) is 2. The van der Waals surface area contributed by atoms with Crippen LogP contribution < -0.4 is 10.6 Å². The minimum Gasteiger partial charge on any atom is -0.379 e. The molecule has 2 amide bonds. The van der Waals surface area contributed by atoms with Gasteiger partial charge in [-0.1, -0.05) is 30.4 Å². The quantitative estimate of drug-likeness (QED) is 0.659. The molecule has 2 atom stereocenters. The Morgan fingerprint density at radius 2 is 2.18 bits per heavy atom. The molecule has 8 heteroatoms. The number of nitrogens with zero attached hydrogens (tertiary/aromatic N) is 2. The van der Waals surface area contributed by atoms with Crippen LogP contribution in [0.25, 0.3) is 11.3 Å². The number of hydrogen-bond acceptors (Lipinski definition) is 5. The Balaban J connectivity index is 1.36. The third kappa shape index (κ3) is 5.29. The summed E-state index contributed by atoms with van der Waals surface area (Å²) in [4.78, 5) is 24.2. The molecule has 0 bridgehead atoms. The molecule has 2 aliphatic heterocycles. The summed E-state index contributed by atoms with van der Waals surface area (Å²) in [6, 6.07) is 11.8. The lowest BCUT2D eigenvalue weighted by atomic mass is 9.97. The van der Waals surface area contributed by atoms with E-state index in [0.29, 0.717) is 25.6 Å². The van der Waals surface area contributed by atoms with Crippen molar-refractivity contribution in [2.75, 3.05) is 31.7 Å². The normalized spacial score (nSPS) is 22.6. The summed E-state index contributed by atoms with van der Waals surface area (Å²) in [5.41, 5.74) is 4.11. The van der Waals surface area contributed by atoms with Crippen LogP contribution in [0.1, 0.15) is 37.8 Å². The van der Waals surface area contributed by atoms with Crippen molar-refractivity contribution >= 4 is 23.2 Å². The van der Waals surface area contributed by atoms with Gasteiger partial charge in [0, 0.05) is 25.6 Å². The second-order valence-corrected chi connectivity index (χ2v) is 9.01. The van der Waals surface area contributed by atoms with Gasteiger partial charge in [0.25, 0.3) is 0 Å². The zero-order valence-corrected chi connectivity index (χ0v) is 19.2. The van der Waals surface area contributed by atoms with Crippen molar-refractivity contribution in [3.8, 4) is 5.69 Å². The number of benzene rings is 1. The highest BCUT2D eigenvalue weighted by molar-refractivity contribution is 5.97. The average molecular weight is 463 g/mol. The van der Waals surface area contributed by atoms with Gasteiger partial charge in [-0.15, -0.1) is 5.10 Å². The van der Waals surface area contributed by atoms with E-state index in [1.165, 1.54) is 5.57 Å². The van der Waals surface area contributed by atoms with Crippen LogP contribution in [0, 0.1) is 5.92 Å². The zero-order valence-electron chi connectivity index (χ0n) is 19.2. The number of hydrogen-bond donors (Lipinski definition) is 2. The first-order valence-electron chi connectivity index (χ1n) is 12.0. The van der Waals surface area contributed by atoms with Gasteiger partial charge in [0.1, 0.15) is 0 Å². The molecule has 0 saturated carbocycles. The predicted octanol–water partition coefficient (Wildman–Crippen LogP) is 3.25. The van der Waals surface area contributed by atoms with E-state index in [4.69, 9.17) is 14.6 Å². The van der Waals surface area contributed by atoms with Gasteiger partial charge >= 0.3 is 0 Å². The molecule has 8 nitrogen and oxygen atoms in total. The minimum atomic E-state index is -0.376. The van der Waals surface area contributed by atoms with Gasteiger partial charge in [-0.2, -0.15) is 0 Å². The number of carbonyl (C=O) groups is 2. The van der Waals surface area contributed by atoms with Crippen LogP contribution in [-0.4, -0.2) is 54.1 Å². The van der Waals surface area contributed by atoms with Crippen LogP contribution in [0.4, 0.5) is 5.82 Å². The second-order valence-electron chi connectivity index (χ2n) is 9.01. The van der Waals surface area contributed by atoms with Gasteiger partial charge in [-0.3, -0.25) is 9.59 Å². The zero-order chi connectivity index (χ0) is 23.3. The number of amides is 2. The van der Waals surface area contributed by atoms with Crippen molar-refractivity contribution in [1.29, 1.82) is 0 Å². The van der Waals surface area contributed by atoms with E-state index in [1.54, 1.807) is 0 Å². The summed E-state index contributed by atoms with van der Waals surface area (Å²) in [5.74, 6) is -0.193. The number of anilines is 1. The SMILES string of the molecule is O=C1C[C@H](C(=O)Nc2cc(C3=CCCC(CO[C@H]4CCCOC4)=C3)n(-c3ccccc3)n2)CN1. The Labute approximate surface area is 199 Å². The van der Waals surface area contributed by atoms with Crippen molar-refractivity contribution < 1.29 is 19.1 Å². The first kappa shape index (κ1) is 22.6. The minimum absolute atomic E-state index is 0.0947. The van der Waals surface area contributed by atoms with Crippen LogP contribution in [0.3, 0.4) is 0 Å². The van der Waals surface area contributed by atoms with E-state index in [1.807, 2.05) is 41.1 Å². The molecular weight excluding hydrogens is 432 g/mol. The molecule has 5 rings (SSSR count). The summed E-state index contributed by atoms with van der Waals surface area (Å²) in [7, 11) is 0. The monoisotopic (exact) mass is 462 g/mol. The number of rotatable bonds is 7. The van der Waals surface area contributed by atoms with Crippen molar-refractivity contribution in [3.05, 3.63) is 59.8 Å². The first-order valence-corrected chi connectivity index (χ1v) is 12.0. The van der Waals surface area contributed by atoms with Gasteiger partial charge in [0.15, 0.2) is 5.82 Å². The molecule has 2 fully saturated rings. The molecule has 1 aromatic heterocycles. The molecule has 3 aliphatic rings. The number of nitrogens with one attached hydrogen (secondary N) is 2. The van der Waals surface area contributed by atoms with Crippen molar-refractivity contribution in [3.63, 3.8) is 0 Å². The lowest BCUT2D eigenvalue weighted by Gasteiger charge is -2.24. The van der Waals surface area contributed by atoms with Gasteiger partial charge in [-0.05, 0) is 49.0 Å². The fourth-order valence-corrected chi connectivity index (χ4v) is 4.56. The summed E-state index contributed by atoms with van der Waals surface area (Å²) < 4.78 is 13.5. The molecule has 0 unspecified atom stereocenters. The molecule has 34 heavy (non-hydrogen) atoms. The molecule has 1 aliphatic carbocycles. The highest BCUT2D eigenvalue weighted by Crippen LogP contribution is 2.30. The molecule has 0 radical (unpaired) electrons. The maximum Gasteiger partial charge on any atom is 0.230 e. The molecule has 3 heterocycles. The lowest BCUT2D eigenvalue weighted by Crippen LogP contribution is -2.26. The highest BCUT2D eigenvalue weighted by atomic mass is 16.5. The predicted molar refractivity (Wildman–Crippen MR) is 128 cm³/mol. The van der Waals surface area contributed by atoms with Crippen molar-refractivity contribution in [1.82, 2.24) is 15.1 Å². The summed E-state index contributed by atoms with van der Waals surface area (Å²) in [6.07, 6.45) is 8.72. The van der Waals surface area contributed by atoms with Gasteiger partial charge in [0.05, 0.1) is 36.6 Å². The van der Waals surface area contributed by atoms with Gasteiger partial charge < -0.3 is 20.1 Å². The molecule has 2 saturated heterocycles. The first-order chi connectivity index (χ1) is 16.7. The van der Waals surface area contributed by atoms with Gasteiger partial charge in [0.2, 0.25) is 11.8 Å². The lowest BCUT2D eigenvalue weighted by molar-refractivity contribution is -0.123. The Hall–Kier alpha value is -3.23. The summed E-state index contributed by atoms with van der Waals surface area (Å²) in [5, 5.41) is 10.3. The van der Waals surface area contributed by atoms with E-state index >= 15 is 0 Å². The molecule has 2 N–H and O–H groups in total. The Bertz CT molecular complexity index is 1100. The number of carbonyl (C=O) groups excluding carboxylic acids is 2. The topological polar surface area (TPSA) is 94.5 Å². The third-order valence-corrected chi connectivity index (χ3v) is 6.42. The number of allylic oxidation sites excluding steroid dienone is 3. The maximum absolute atomic E-state index is 12.7. The smallest absolute Gasteiger partial charge is 0.230 e. The molecular formula is C26H30N4O4. The van der Waals surface area contributed by atoms with E-state index in [9.17, 15) is 9.59 Å². The van der Waals surface area contributed by atoms with E-state index < -0.39 is 0 Å². The Morgan fingerprint density at radius 1 is 1.29 bits per heavy atom. The fourth-order valence-electron chi connectivity index (χ4n) is 4.56. The molecule has 2 aromatic rings. The third-order valence-electron chi connectivity index (χ3n) is 6.42. The van der Waals surface area contributed by atoms with E-state index in [2.05, 4.69) is 22.8 Å². The largest absolute Gasteiger partial charge is 0.379 e. The maximum atomic E-state index is 12.7. The van der Waals surface area contributed by atoms with Crippen LogP contribution in [0.2, 0.25) is 0 Å². The Morgan fingerprint density at radius 3 is 2.94 bits per heavy atom. The molecule has 178 valence electrons. The van der Waals surface area contributed by atoms with Gasteiger partial charge in [-0.25, -0.2) is 4.68 Å². The van der Waals surface area contributed by atoms with Crippen LogP contribution >= 0.6 is 0 Å². The average Bonchev–Trinajstić information content (AvgIpc) is 3.51. The standard InChI is InChI=1S/C26H30N4O4/c31-25-13-20(15-27-25)26(32)28-24-14-23(30(29-24)21-8-2-1-3-9-21)19-7-4-6-18(12-19)16-34-22-10-5-11-33-17-22/h1-3,7-9,12,14,20,22H,4-6,10-11,13,15-17H2,(H,27,31)(H,28,29,32)/t20-,22-/m0/s1. The van der Waals surface area contributed by atoms with E-state index in [-0.39, 0.29) is 30.3 Å². The van der Waals surface area contributed by atoms with Crippen LogP contribution in [-0.2, 0) is 19.1 Å². The fraction of sp³-hybridized carbons (Fsp3) is 0.423. The second kappa shape index (κ2) is 10.4. The summed E-state index contributed by atoms with van der Waals surface area (Å²) in [6.45, 7) is 2.45. The van der Waals surface area contributed by atoms with Crippen molar-refractivity contribution in [2.24, 2.45) is 5.92 Å². The highest BCUT2D eigenvalue weighted by Gasteiger charge is 2.28. The molecule has 1 aromatic carbocycles. The van der Waals surface area contributed by atoms with E-state index in [0.717, 1.165) is 49.2 Å². The van der Waals surface area contributed by atoms with Crippen LogP contribution in [0.15, 0.2) is 54.1 Å². The van der Waals surface area contributed by atoms with Crippen molar-refractivity contribution in [2.45, 2.75) is 38.2 Å². The number of aromatic nitrogens is 2. The number of para-hydroxylation sites is 1. The van der Waals surface area contributed by atoms with Crippen LogP contribution in [0.5, 0.6) is 0 Å². The summed E-state index contributed by atoms with van der Waals surface area (Å²) >= 11 is 0. The Kier molecular flexibility index (Phi) is 6.87.